The molecular weight excluding hydrogens is 419 g/mol. The number of halogens is 1. The third-order valence-corrected chi connectivity index (χ3v) is 7.59. The quantitative estimate of drug-likeness (QED) is 0.592. The number of hydrogen-bond donors (Lipinski definition) is 1. The van der Waals surface area contributed by atoms with Gasteiger partial charge in [0.2, 0.25) is 10.0 Å². The van der Waals surface area contributed by atoms with Gasteiger partial charge in [0.15, 0.2) is 0 Å². The van der Waals surface area contributed by atoms with Crippen molar-refractivity contribution in [3.63, 3.8) is 0 Å². The molecule has 1 saturated carbocycles. The summed E-state index contributed by atoms with van der Waals surface area (Å²) in [7, 11) is -3.90. The van der Waals surface area contributed by atoms with Gasteiger partial charge in [-0.15, -0.1) is 0 Å². The van der Waals surface area contributed by atoms with Gasteiger partial charge in [0, 0.05) is 29.1 Å². The molecule has 0 amide bonds. The monoisotopic (exact) mass is 444 g/mol. The Hall–Kier alpha value is -2.71. The first kappa shape index (κ1) is 21.5. The van der Waals surface area contributed by atoms with E-state index in [0.29, 0.717) is 23.4 Å². The molecule has 0 spiro atoms. The maximum absolute atomic E-state index is 13.4. The van der Waals surface area contributed by atoms with E-state index in [1.807, 2.05) is 13.0 Å². The van der Waals surface area contributed by atoms with E-state index in [4.69, 9.17) is 4.74 Å². The maximum atomic E-state index is 13.4. The van der Waals surface area contributed by atoms with Gasteiger partial charge in [-0.05, 0) is 68.3 Å². The van der Waals surface area contributed by atoms with Crippen LogP contribution in [0.15, 0.2) is 58.2 Å². The Balaban J connectivity index is 1.74. The summed E-state index contributed by atoms with van der Waals surface area (Å²) in [5.41, 5.74) is 0.693. The number of aromatic amines is 1. The van der Waals surface area contributed by atoms with Crippen LogP contribution >= 0.6 is 0 Å². The summed E-state index contributed by atoms with van der Waals surface area (Å²) in [4.78, 5) is 15.6. The van der Waals surface area contributed by atoms with Gasteiger partial charge in [-0.3, -0.25) is 4.79 Å². The van der Waals surface area contributed by atoms with Crippen LogP contribution in [0.4, 0.5) is 4.39 Å². The van der Waals surface area contributed by atoms with E-state index in [2.05, 4.69) is 4.98 Å². The SMILES string of the molecule is CCOc1ccc2[nH]c(=O)c(CN(C3CCCC3)S(=O)(=O)c3ccc(F)cc3)cc2c1. The fourth-order valence-corrected chi connectivity index (χ4v) is 5.78. The molecule has 0 saturated heterocycles. The highest BCUT2D eigenvalue weighted by Gasteiger charge is 2.34. The minimum absolute atomic E-state index is 0.0247. The summed E-state index contributed by atoms with van der Waals surface area (Å²) >= 11 is 0. The molecule has 1 aromatic heterocycles. The number of hydrogen-bond acceptors (Lipinski definition) is 4. The first-order valence-electron chi connectivity index (χ1n) is 10.4. The predicted octanol–water partition coefficient (Wildman–Crippen LogP) is 4.20. The maximum Gasteiger partial charge on any atom is 0.252 e. The predicted molar refractivity (Wildman–Crippen MR) is 117 cm³/mol. The lowest BCUT2D eigenvalue weighted by atomic mass is 10.1. The zero-order valence-corrected chi connectivity index (χ0v) is 18.1. The Labute approximate surface area is 180 Å². The van der Waals surface area contributed by atoms with Crippen molar-refractivity contribution in [3.8, 4) is 5.75 Å². The molecule has 0 aliphatic heterocycles. The van der Waals surface area contributed by atoms with Crippen LogP contribution in [0.1, 0.15) is 38.2 Å². The van der Waals surface area contributed by atoms with Gasteiger partial charge in [-0.25, -0.2) is 12.8 Å². The number of nitrogens with zero attached hydrogens (tertiary/aromatic N) is 1. The molecule has 6 nitrogen and oxygen atoms in total. The van der Waals surface area contributed by atoms with E-state index in [1.54, 1.807) is 18.2 Å². The van der Waals surface area contributed by atoms with Crippen molar-refractivity contribution in [3.05, 3.63) is 70.3 Å². The van der Waals surface area contributed by atoms with E-state index in [9.17, 15) is 17.6 Å². The van der Waals surface area contributed by atoms with Crippen molar-refractivity contribution in [2.75, 3.05) is 6.61 Å². The fourth-order valence-electron chi connectivity index (χ4n) is 4.12. The number of benzene rings is 2. The van der Waals surface area contributed by atoms with Gasteiger partial charge in [-0.2, -0.15) is 4.31 Å². The third-order valence-electron chi connectivity index (χ3n) is 5.68. The zero-order valence-electron chi connectivity index (χ0n) is 17.3. The number of ether oxygens (including phenoxy) is 1. The van der Waals surface area contributed by atoms with Crippen LogP contribution in [0.25, 0.3) is 10.9 Å². The Morgan fingerprint density at radius 1 is 1.10 bits per heavy atom. The van der Waals surface area contributed by atoms with Crippen LogP contribution in [-0.2, 0) is 16.6 Å². The minimum atomic E-state index is -3.90. The average Bonchev–Trinajstić information content (AvgIpc) is 3.27. The van der Waals surface area contributed by atoms with Gasteiger partial charge in [0.25, 0.3) is 5.56 Å². The summed E-state index contributed by atoms with van der Waals surface area (Å²) in [5, 5.41) is 0.770. The summed E-state index contributed by atoms with van der Waals surface area (Å²) in [6.45, 7) is 2.36. The molecule has 1 aliphatic rings. The van der Waals surface area contributed by atoms with Crippen LogP contribution < -0.4 is 10.3 Å². The number of fused-ring (bicyclic) bond motifs is 1. The Morgan fingerprint density at radius 2 is 1.81 bits per heavy atom. The van der Waals surface area contributed by atoms with Crippen LogP contribution in [0, 0.1) is 5.82 Å². The fraction of sp³-hybridized carbons (Fsp3) is 0.348. The van der Waals surface area contributed by atoms with Gasteiger partial charge in [0.05, 0.1) is 11.5 Å². The van der Waals surface area contributed by atoms with Gasteiger partial charge >= 0.3 is 0 Å². The molecule has 4 rings (SSSR count). The number of pyridine rings is 1. The molecule has 164 valence electrons. The molecule has 0 radical (unpaired) electrons. The Kier molecular flexibility index (Phi) is 6.11. The van der Waals surface area contributed by atoms with Gasteiger partial charge in [0.1, 0.15) is 11.6 Å². The van der Waals surface area contributed by atoms with Crippen LogP contribution in [0.3, 0.4) is 0 Å². The van der Waals surface area contributed by atoms with Gasteiger partial charge < -0.3 is 9.72 Å². The Bertz CT molecular complexity index is 1230. The second-order valence-electron chi connectivity index (χ2n) is 7.75. The largest absolute Gasteiger partial charge is 0.494 e. The summed E-state index contributed by atoms with van der Waals surface area (Å²) in [5.74, 6) is 0.182. The summed E-state index contributed by atoms with van der Waals surface area (Å²) in [6.07, 6.45) is 3.35. The Morgan fingerprint density at radius 3 is 2.48 bits per heavy atom. The molecule has 1 aliphatic carbocycles. The molecule has 0 atom stereocenters. The number of aromatic nitrogens is 1. The molecule has 31 heavy (non-hydrogen) atoms. The summed E-state index contributed by atoms with van der Waals surface area (Å²) < 4.78 is 47.1. The van der Waals surface area contributed by atoms with Crippen molar-refractivity contribution < 1.29 is 17.5 Å². The zero-order chi connectivity index (χ0) is 22.0. The second kappa shape index (κ2) is 8.80. The van der Waals surface area contributed by atoms with Crippen molar-refractivity contribution in [2.24, 2.45) is 0 Å². The molecule has 1 N–H and O–H groups in total. The first-order chi connectivity index (χ1) is 14.9. The highest BCUT2D eigenvalue weighted by Crippen LogP contribution is 2.30. The lowest BCUT2D eigenvalue weighted by Crippen LogP contribution is -2.39. The normalized spacial score (nSPS) is 15.1. The molecule has 8 heteroatoms. The van der Waals surface area contributed by atoms with Crippen molar-refractivity contribution in [2.45, 2.75) is 50.1 Å². The van der Waals surface area contributed by atoms with Crippen LogP contribution in [-0.4, -0.2) is 30.4 Å². The highest BCUT2D eigenvalue weighted by atomic mass is 32.2. The highest BCUT2D eigenvalue weighted by molar-refractivity contribution is 7.89. The first-order valence-corrected chi connectivity index (χ1v) is 11.9. The van der Waals surface area contributed by atoms with Gasteiger partial charge in [-0.1, -0.05) is 12.8 Å². The molecule has 0 unspecified atom stereocenters. The second-order valence-corrected chi connectivity index (χ2v) is 9.64. The lowest BCUT2D eigenvalue weighted by Gasteiger charge is -2.28. The molecule has 0 bridgehead atoms. The minimum Gasteiger partial charge on any atom is -0.494 e. The third kappa shape index (κ3) is 4.50. The lowest BCUT2D eigenvalue weighted by molar-refractivity contribution is 0.315. The van der Waals surface area contributed by atoms with E-state index in [-0.39, 0.29) is 23.0 Å². The average molecular weight is 445 g/mol. The van der Waals surface area contributed by atoms with Crippen LogP contribution in [0.2, 0.25) is 0 Å². The molecule has 2 aromatic carbocycles. The smallest absolute Gasteiger partial charge is 0.252 e. The molecular formula is C23H25FN2O4S. The molecule has 1 heterocycles. The van der Waals surface area contributed by atoms with E-state index in [1.165, 1.54) is 16.4 Å². The summed E-state index contributed by atoms with van der Waals surface area (Å²) in [6, 6.07) is 11.7. The number of sulfonamides is 1. The van der Waals surface area contributed by atoms with Crippen molar-refractivity contribution in [1.29, 1.82) is 0 Å². The van der Waals surface area contributed by atoms with Crippen molar-refractivity contribution >= 4 is 20.9 Å². The van der Waals surface area contributed by atoms with Crippen molar-refractivity contribution in [1.82, 2.24) is 9.29 Å². The van der Waals surface area contributed by atoms with E-state index >= 15 is 0 Å². The standard InChI is InChI=1S/C23H25FN2O4S/c1-2-30-20-9-12-22-16(14-20)13-17(23(27)25-22)15-26(19-5-3-4-6-19)31(28,29)21-10-7-18(24)8-11-21/h7-14,19H,2-6,15H2,1H3,(H,25,27). The van der Waals surface area contributed by atoms with E-state index < -0.39 is 15.8 Å². The van der Waals surface area contributed by atoms with E-state index in [0.717, 1.165) is 43.2 Å². The topological polar surface area (TPSA) is 79.5 Å². The van der Waals surface area contributed by atoms with Crippen LogP contribution in [0.5, 0.6) is 5.75 Å². The molecule has 1 fully saturated rings. The number of H-pyrrole nitrogens is 1. The number of rotatable bonds is 7. The number of nitrogens with one attached hydrogen (secondary N) is 1. The molecule has 3 aromatic rings.